The van der Waals surface area contributed by atoms with Gasteiger partial charge in [0.15, 0.2) is 5.43 Å². The van der Waals surface area contributed by atoms with Crippen molar-refractivity contribution in [3.05, 3.63) is 75.4 Å². The molecular formula is C21H17F2N3O3. The lowest BCUT2D eigenvalue weighted by Crippen LogP contribution is -2.15. The molecule has 0 bridgehead atoms. The zero-order chi connectivity index (χ0) is 20.9. The number of aliphatic hydroxyl groups is 1. The zero-order valence-electron chi connectivity index (χ0n) is 15.7. The highest BCUT2D eigenvalue weighted by Crippen LogP contribution is 2.31. The fraction of sp³-hybridized carbons (Fsp3) is 0.143. The largest absolute Gasteiger partial charge is 0.396 e. The number of aliphatic hydroxyl groups excluding tert-OH is 1. The van der Waals surface area contributed by atoms with Crippen LogP contribution in [0.1, 0.15) is 17.1 Å². The summed E-state index contributed by atoms with van der Waals surface area (Å²) < 4.78 is 34.9. The highest BCUT2D eigenvalue weighted by molar-refractivity contribution is 5.87. The highest BCUT2D eigenvalue weighted by Gasteiger charge is 2.18. The van der Waals surface area contributed by atoms with Gasteiger partial charge in [0.1, 0.15) is 17.4 Å². The maximum absolute atomic E-state index is 14.7. The second-order valence-corrected chi connectivity index (χ2v) is 6.75. The molecule has 2 aromatic carbocycles. The normalized spacial score (nSPS) is 11.3. The molecule has 0 saturated heterocycles. The molecule has 0 aliphatic rings. The van der Waals surface area contributed by atoms with Crippen molar-refractivity contribution in [1.29, 1.82) is 0 Å². The number of rotatable bonds is 3. The Kier molecular flexibility index (Phi) is 4.43. The van der Waals surface area contributed by atoms with Crippen molar-refractivity contribution in [2.45, 2.75) is 20.5 Å². The fourth-order valence-corrected chi connectivity index (χ4v) is 3.55. The number of pyridine rings is 1. The van der Waals surface area contributed by atoms with E-state index < -0.39 is 18.2 Å². The third-order valence-corrected chi connectivity index (χ3v) is 4.88. The van der Waals surface area contributed by atoms with Gasteiger partial charge in [0.2, 0.25) is 0 Å². The van der Waals surface area contributed by atoms with E-state index in [4.69, 9.17) is 10.3 Å². The summed E-state index contributed by atoms with van der Waals surface area (Å²) in [7, 11) is 0. The first kappa shape index (κ1) is 18.8. The summed E-state index contributed by atoms with van der Waals surface area (Å²) in [4.78, 5) is 12.5. The Hall–Kier alpha value is -3.52. The van der Waals surface area contributed by atoms with E-state index in [9.17, 15) is 18.7 Å². The molecule has 0 unspecified atom stereocenters. The van der Waals surface area contributed by atoms with Crippen LogP contribution in [0, 0.1) is 25.5 Å². The van der Waals surface area contributed by atoms with E-state index >= 15 is 0 Å². The Labute approximate surface area is 163 Å². The van der Waals surface area contributed by atoms with Crippen LogP contribution in [0.4, 0.5) is 14.5 Å². The SMILES string of the molecule is Cc1noc(C)c1-c1ccc2c(=O)cc(CO)n(-c3cc(N)c(F)cc3F)c2c1. The Morgan fingerprint density at radius 2 is 1.90 bits per heavy atom. The van der Waals surface area contributed by atoms with Crippen molar-refractivity contribution in [2.75, 3.05) is 5.73 Å². The summed E-state index contributed by atoms with van der Waals surface area (Å²) >= 11 is 0. The topological polar surface area (TPSA) is 94.3 Å². The predicted octanol–water partition coefficient (Wildman–Crippen LogP) is 3.62. The van der Waals surface area contributed by atoms with E-state index in [-0.39, 0.29) is 22.5 Å². The number of hydrogen-bond acceptors (Lipinski definition) is 5. The molecule has 0 atom stereocenters. The van der Waals surface area contributed by atoms with E-state index in [0.29, 0.717) is 34.0 Å². The molecule has 6 nitrogen and oxygen atoms in total. The van der Waals surface area contributed by atoms with Crippen molar-refractivity contribution in [3.8, 4) is 16.8 Å². The van der Waals surface area contributed by atoms with Gasteiger partial charge in [-0.15, -0.1) is 0 Å². The van der Waals surface area contributed by atoms with Crippen molar-refractivity contribution < 1.29 is 18.4 Å². The van der Waals surface area contributed by atoms with Crippen LogP contribution in [0.25, 0.3) is 27.7 Å². The second-order valence-electron chi connectivity index (χ2n) is 6.75. The summed E-state index contributed by atoms with van der Waals surface area (Å²) in [5.74, 6) is -1.18. The standard InChI is InChI=1S/C21H17F2N3O3/c1-10-21(11(2)29-25-10)12-3-4-14-18(5-12)26(13(9-27)6-20(14)28)19-8-17(24)15(22)7-16(19)23/h3-8,27H,9,24H2,1-2H3. The summed E-state index contributed by atoms with van der Waals surface area (Å²) in [6.07, 6.45) is 0. The van der Waals surface area contributed by atoms with Crippen LogP contribution in [0.15, 0.2) is 45.7 Å². The van der Waals surface area contributed by atoms with Crippen LogP contribution in [-0.2, 0) is 6.61 Å². The van der Waals surface area contributed by atoms with Gasteiger partial charge in [-0.05, 0) is 37.6 Å². The van der Waals surface area contributed by atoms with Gasteiger partial charge in [0.25, 0.3) is 0 Å². The number of anilines is 1. The third-order valence-electron chi connectivity index (χ3n) is 4.88. The summed E-state index contributed by atoms with van der Waals surface area (Å²) in [6.45, 7) is 3.02. The van der Waals surface area contributed by atoms with Gasteiger partial charge < -0.3 is 19.9 Å². The molecule has 0 fully saturated rings. The number of nitrogens with two attached hydrogens (primary N) is 1. The van der Waals surface area contributed by atoms with Gasteiger partial charge in [-0.25, -0.2) is 8.78 Å². The average molecular weight is 397 g/mol. The number of hydrogen-bond donors (Lipinski definition) is 2. The van der Waals surface area contributed by atoms with Gasteiger partial charge in [-0.1, -0.05) is 11.2 Å². The van der Waals surface area contributed by atoms with E-state index in [0.717, 1.165) is 11.6 Å². The lowest BCUT2D eigenvalue weighted by atomic mass is 10.0. The molecule has 4 rings (SSSR count). The number of fused-ring (bicyclic) bond motifs is 1. The molecule has 0 aliphatic carbocycles. The first-order valence-corrected chi connectivity index (χ1v) is 8.79. The minimum Gasteiger partial charge on any atom is -0.396 e. The van der Waals surface area contributed by atoms with E-state index in [1.54, 1.807) is 32.0 Å². The molecule has 0 aliphatic heterocycles. The van der Waals surface area contributed by atoms with Crippen LogP contribution in [0.3, 0.4) is 0 Å². The smallest absolute Gasteiger partial charge is 0.189 e. The Bertz CT molecular complexity index is 1310. The van der Waals surface area contributed by atoms with Gasteiger partial charge in [0, 0.05) is 23.1 Å². The summed E-state index contributed by atoms with van der Waals surface area (Å²) in [6, 6.07) is 8.07. The molecule has 2 aromatic heterocycles. The monoisotopic (exact) mass is 397 g/mol. The molecule has 0 amide bonds. The number of nitrogen functional groups attached to an aromatic ring is 1. The third kappa shape index (κ3) is 2.98. The highest BCUT2D eigenvalue weighted by atomic mass is 19.1. The molecule has 0 spiro atoms. The van der Waals surface area contributed by atoms with Crippen LogP contribution >= 0.6 is 0 Å². The molecule has 29 heavy (non-hydrogen) atoms. The molecule has 148 valence electrons. The number of benzene rings is 2. The van der Waals surface area contributed by atoms with Gasteiger partial charge in [-0.3, -0.25) is 4.79 Å². The molecule has 2 heterocycles. The predicted molar refractivity (Wildman–Crippen MR) is 105 cm³/mol. The van der Waals surface area contributed by atoms with E-state index in [2.05, 4.69) is 5.16 Å². The molecule has 8 heteroatoms. The quantitative estimate of drug-likeness (QED) is 0.515. The van der Waals surface area contributed by atoms with Crippen molar-refractivity contribution in [3.63, 3.8) is 0 Å². The molecular weight excluding hydrogens is 380 g/mol. The van der Waals surface area contributed by atoms with Crippen LogP contribution in [-0.4, -0.2) is 14.8 Å². The summed E-state index contributed by atoms with van der Waals surface area (Å²) in [5.41, 5.74) is 7.57. The number of nitrogens with zero attached hydrogens (tertiary/aromatic N) is 2. The second kappa shape index (κ2) is 6.82. The van der Waals surface area contributed by atoms with Crippen LogP contribution in [0.2, 0.25) is 0 Å². The van der Waals surface area contributed by atoms with Crippen molar-refractivity contribution >= 4 is 16.6 Å². The molecule has 0 radical (unpaired) electrons. The van der Waals surface area contributed by atoms with Gasteiger partial charge in [-0.2, -0.15) is 0 Å². The lowest BCUT2D eigenvalue weighted by molar-refractivity contribution is 0.274. The lowest BCUT2D eigenvalue weighted by Gasteiger charge is -2.18. The molecule has 3 N–H and O–H groups in total. The summed E-state index contributed by atoms with van der Waals surface area (Å²) in [5, 5.41) is 14.1. The Balaban J connectivity index is 2.13. The van der Waals surface area contributed by atoms with Crippen LogP contribution in [0.5, 0.6) is 0 Å². The zero-order valence-corrected chi connectivity index (χ0v) is 15.7. The number of aryl methyl sites for hydroxylation is 2. The van der Waals surface area contributed by atoms with Gasteiger partial charge >= 0.3 is 0 Å². The van der Waals surface area contributed by atoms with E-state index in [1.165, 1.54) is 10.6 Å². The van der Waals surface area contributed by atoms with Crippen molar-refractivity contribution in [1.82, 2.24) is 9.72 Å². The first-order chi connectivity index (χ1) is 13.8. The number of halogens is 2. The number of aromatic nitrogens is 2. The minimum atomic E-state index is -0.890. The Morgan fingerprint density at radius 3 is 2.55 bits per heavy atom. The minimum absolute atomic E-state index is 0.0751. The van der Waals surface area contributed by atoms with E-state index in [1.807, 2.05) is 0 Å². The maximum atomic E-state index is 14.7. The molecule has 4 aromatic rings. The van der Waals surface area contributed by atoms with Crippen molar-refractivity contribution in [2.24, 2.45) is 0 Å². The first-order valence-electron chi connectivity index (χ1n) is 8.79. The average Bonchev–Trinajstić information content (AvgIpc) is 3.03. The van der Waals surface area contributed by atoms with Gasteiger partial charge in [0.05, 0.1) is 34.9 Å². The Morgan fingerprint density at radius 1 is 1.14 bits per heavy atom. The maximum Gasteiger partial charge on any atom is 0.189 e. The molecule has 0 saturated carbocycles. The van der Waals surface area contributed by atoms with Crippen LogP contribution < -0.4 is 11.2 Å². The fourth-order valence-electron chi connectivity index (χ4n) is 3.55.